The molecule has 1 aromatic heterocycles. The zero-order chi connectivity index (χ0) is 12.8. The van der Waals surface area contributed by atoms with Gasteiger partial charge in [-0.05, 0) is 12.1 Å². The second-order valence-electron chi connectivity index (χ2n) is 3.69. The second kappa shape index (κ2) is 5.89. The van der Waals surface area contributed by atoms with Crippen LogP contribution in [0.1, 0.15) is 17.0 Å². The molecule has 0 unspecified atom stereocenters. The van der Waals surface area contributed by atoms with Crippen LogP contribution in [0.2, 0.25) is 0 Å². The second-order valence-corrected chi connectivity index (χ2v) is 3.69. The molecule has 1 heterocycles. The molecule has 18 heavy (non-hydrogen) atoms. The smallest absolute Gasteiger partial charge is 0.213 e. The molecule has 0 bridgehead atoms. The number of hydrogen-bond donors (Lipinski definition) is 1. The fraction of sp³-hybridized carbons (Fsp3) is 0.250. The molecule has 0 aliphatic heterocycles. The van der Waals surface area contributed by atoms with E-state index in [2.05, 4.69) is 20.0 Å². The third kappa shape index (κ3) is 3.12. The molecule has 1 N–H and O–H groups in total. The molecule has 0 radical (unpaired) electrons. The van der Waals surface area contributed by atoms with Gasteiger partial charge in [0.25, 0.3) is 0 Å². The largest absolute Gasteiger partial charge is 0.343 e. The Kier molecular flexibility index (Phi) is 3.99. The number of benzene rings is 1. The number of nitriles is 1. The SMILES string of the molecule is N#Cc1ccc(CNCCc2ncon2)c(F)c1. The van der Waals surface area contributed by atoms with Crippen LogP contribution in [-0.2, 0) is 13.0 Å². The maximum Gasteiger partial charge on any atom is 0.213 e. The van der Waals surface area contributed by atoms with E-state index < -0.39 is 0 Å². The minimum Gasteiger partial charge on any atom is -0.343 e. The van der Waals surface area contributed by atoms with Crippen molar-refractivity contribution in [2.75, 3.05) is 6.54 Å². The normalized spacial score (nSPS) is 10.2. The number of nitrogens with one attached hydrogen (secondary N) is 1. The minimum absolute atomic E-state index is 0.322. The van der Waals surface area contributed by atoms with Crippen LogP contribution in [-0.4, -0.2) is 16.7 Å². The molecule has 2 aromatic rings. The molecule has 0 amide bonds. The van der Waals surface area contributed by atoms with Crippen molar-refractivity contribution in [2.24, 2.45) is 0 Å². The first-order chi connectivity index (χ1) is 8.79. The summed E-state index contributed by atoms with van der Waals surface area (Å²) in [6.07, 6.45) is 1.89. The van der Waals surface area contributed by atoms with Crippen molar-refractivity contribution in [1.82, 2.24) is 15.5 Å². The molecule has 0 aliphatic carbocycles. The van der Waals surface area contributed by atoms with E-state index in [0.29, 0.717) is 36.5 Å². The standard InChI is InChI=1S/C12H11FN4O/c13-11-5-9(6-14)1-2-10(11)7-15-4-3-12-16-8-18-17-12/h1-2,5,8,15H,3-4,7H2. The molecule has 0 aliphatic rings. The van der Waals surface area contributed by atoms with E-state index in [1.807, 2.05) is 6.07 Å². The minimum atomic E-state index is -0.374. The van der Waals surface area contributed by atoms with Gasteiger partial charge >= 0.3 is 0 Å². The van der Waals surface area contributed by atoms with Crippen molar-refractivity contribution < 1.29 is 8.91 Å². The van der Waals surface area contributed by atoms with Crippen molar-refractivity contribution in [1.29, 1.82) is 5.26 Å². The van der Waals surface area contributed by atoms with E-state index in [0.717, 1.165) is 0 Å². The van der Waals surface area contributed by atoms with Crippen LogP contribution in [0.15, 0.2) is 29.1 Å². The van der Waals surface area contributed by atoms with Crippen LogP contribution in [0, 0.1) is 17.1 Å². The number of halogens is 1. The Hall–Kier alpha value is -2.26. The van der Waals surface area contributed by atoms with Gasteiger partial charge in [0.05, 0.1) is 11.6 Å². The summed E-state index contributed by atoms with van der Waals surface area (Å²) in [6.45, 7) is 1.02. The van der Waals surface area contributed by atoms with Gasteiger partial charge in [-0.25, -0.2) is 4.39 Å². The van der Waals surface area contributed by atoms with Crippen molar-refractivity contribution in [3.05, 3.63) is 47.4 Å². The first-order valence-electron chi connectivity index (χ1n) is 5.44. The highest BCUT2D eigenvalue weighted by molar-refractivity contribution is 5.32. The van der Waals surface area contributed by atoms with Gasteiger partial charge in [-0.3, -0.25) is 0 Å². The van der Waals surface area contributed by atoms with Crippen molar-refractivity contribution in [3.8, 4) is 6.07 Å². The maximum atomic E-state index is 13.5. The molecular weight excluding hydrogens is 235 g/mol. The van der Waals surface area contributed by atoms with E-state index in [-0.39, 0.29) is 5.82 Å². The maximum absolute atomic E-state index is 13.5. The molecule has 2 rings (SSSR count). The lowest BCUT2D eigenvalue weighted by Crippen LogP contribution is -2.18. The van der Waals surface area contributed by atoms with Gasteiger partial charge in [0.2, 0.25) is 6.39 Å². The van der Waals surface area contributed by atoms with E-state index in [1.165, 1.54) is 12.5 Å². The van der Waals surface area contributed by atoms with Crippen LogP contribution in [0.4, 0.5) is 4.39 Å². The average Bonchev–Trinajstić information content (AvgIpc) is 2.89. The molecule has 92 valence electrons. The van der Waals surface area contributed by atoms with Gasteiger partial charge in [-0.2, -0.15) is 10.2 Å². The zero-order valence-electron chi connectivity index (χ0n) is 9.56. The predicted octanol–water partition coefficient (Wildman–Crippen LogP) is 1.41. The Bertz CT molecular complexity index is 548. The number of rotatable bonds is 5. The Morgan fingerprint density at radius 3 is 3.00 bits per heavy atom. The van der Waals surface area contributed by atoms with E-state index in [4.69, 9.17) is 5.26 Å². The molecule has 5 nitrogen and oxygen atoms in total. The monoisotopic (exact) mass is 246 g/mol. The molecule has 0 saturated heterocycles. The van der Waals surface area contributed by atoms with Gasteiger partial charge in [-0.1, -0.05) is 11.2 Å². The van der Waals surface area contributed by atoms with E-state index >= 15 is 0 Å². The Balaban J connectivity index is 1.82. The first kappa shape index (κ1) is 12.2. The van der Waals surface area contributed by atoms with Gasteiger partial charge in [-0.15, -0.1) is 0 Å². The Morgan fingerprint density at radius 2 is 2.33 bits per heavy atom. The third-order valence-electron chi connectivity index (χ3n) is 2.43. The number of nitrogens with zero attached hydrogens (tertiary/aromatic N) is 3. The third-order valence-corrected chi connectivity index (χ3v) is 2.43. The summed E-state index contributed by atoms with van der Waals surface area (Å²) in [5.41, 5.74) is 0.852. The molecule has 0 fully saturated rings. The lowest BCUT2D eigenvalue weighted by atomic mass is 10.1. The summed E-state index contributed by atoms with van der Waals surface area (Å²) in [4.78, 5) is 3.87. The summed E-state index contributed by atoms with van der Waals surface area (Å²) in [7, 11) is 0. The fourth-order valence-corrected chi connectivity index (χ4v) is 1.49. The molecular formula is C12H11FN4O. The topological polar surface area (TPSA) is 74.7 Å². The van der Waals surface area contributed by atoms with Crippen molar-refractivity contribution in [3.63, 3.8) is 0 Å². The fourth-order valence-electron chi connectivity index (χ4n) is 1.49. The van der Waals surface area contributed by atoms with Crippen LogP contribution in [0.3, 0.4) is 0 Å². The quantitative estimate of drug-likeness (QED) is 0.807. The zero-order valence-corrected chi connectivity index (χ0v) is 9.56. The number of aromatic nitrogens is 2. The summed E-state index contributed by atoms with van der Waals surface area (Å²) >= 11 is 0. The Morgan fingerprint density at radius 1 is 1.44 bits per heavy atom. The van der Waals surface area contributed by atoms with Gasteiger partial charge in [0.1, 0.15) is 5.82 Å². The first-order valence-corrected chi connectivity index (χ1v) is 5.44. The van der Waals surface area contributed by atoms with Gasteiger partial charge < -0.3 is 9.84 Å². The molecule has 1 aromatic carbocycles. The molecule has 0 saturated carbocycles. The summed E-state index contributed by atoms with van der Waals surface area (Å²) in [5.74, 6) is 0.240. The Labute approximate surface area is 103 Å². The molecule has 0 atom stereocenters. The van der Waals surface area contributed by atoms with Crippen molar-refractivity contribution in [2.45, 2.75) is 13.0 Å². The highest BCUT2D eigenvalue weighted by atomic mass is 19.1. The highest BCUT2D eigenvalue weighted by Crippen LogP contribution is 2.09. The molecule has 0 spiro atoms. The van der Waals surface area contributed by atoms with Gasteiger partial charge in [0.15, 0.2) is 5.82 Å². The van der Waals surface area contributed by atoms with Crippen LogP contribution >= 0.6 is 0 Å². The highest BCUT2D eigenvalue weighted by Gasteiger charge is 2.03. The van der Waals surface area contributed by atoms with Crippen LogP contribution in [0.25, 0.3) is 0 Å². The van der Waals surface area contributed by atoms with Crippen molar-refractivity contribution >= 4 is 0 Å². The predicted molar refractivity (Wildman–Crippen MR) is 60.8 cm³/mol. The summed E-state index contributed by atoms with van der Waals surface area (Å²) < 4.78 is 18.1. The van der Waals surface area contributed by atoms with Crippen LogP contribution < -0.4 is 5.32 Å². The lowest BCUT2D eigenvalue weighted by Gasteiger charge is -2.04. The van der Waals surface area contributed by atoms with Crippen LogP contribution in [0.5, 0.6) is 0 Å². The van der Waals surface area contributed by atoms with E-state index in [9.17, 15) is 4.39 Å². The summed E-state index contributed by atoms with van der Waals surface area (Å²) in [5, 5.41) is 15.4. The molecule has 6 heteroatoms. The van der Waals surface area contributed by atoms with E-state index in [1.54, 1.807) is 12.1 Å². The number of hydrogen-bond acceptors (Lipinski definition) is 5. The summed E-state index contributed by atoms with van der Waals surface area (Å²) in [6, 6.07) is 6.33. The lowest BCUT2D eigenvalue weighted by molar-refractivity contribution is 0.409. The average molecular weight is 246 g/mol. The van der Waals surface area contributed by atoms with Gasteiger partial charge in [0, 0.05) is 25.1 Å².